The van der Waals surface area contributed by atoms with Gasteiger partial charge < -0.3 is 10.2 Å². The third-order valence-electron chi connectivity index (χ3n) is 6.52. The second-order valence-corrected chi connectivity index (χ2v) is 11.1. The first-order chi connectivity index (χ1) is 17.2. The van der Waals surface area contributed by atoms with Crippen LogP contribution < -0.4 is 5.32 Å². The molecule has 0 radical (unpaired) electrons. The molecule has 1 aliphatic heterocycles. The van der Waals surface area contributed by atoms with Gasteiger partial charge in [0, 0.05) is 23.5 Å². The van der Waals surface area contributed by atoms with E-state index >= 15 is 0 Å². The number of carbonyl (C=O) groups excluding carboxylic acids is 1. The van der Waals surface area contributed by atoms with Crippen molar-refractivity contribution in [1.82, 2.24) is 9.88 Å². The zero-order chi connectivity index (χ0) is 23.8. The van der Waals surface area contributed by atoms with Crippen molar-refractivity contribution in [3.05, 3.63) is 106 Å². The van der Waals surface area contributed by atoms with Crippen molar-refractivity contribution >= 4 is 43.8 Å². The van der Waals surface area contributed by atoms with Gasteiger partial charge in [0.15, 0.2) is 0 Å². The minimum absolute atomic E-state index is 0.0169. The number of para-hydroxylation sites is 1. The van der Waals surface area contributed by atoms with E-state index in [-0.39, 0.29) is 11.8 Å². The molecule has 0 saturated carbocycles. The topological polar surface area (TPSA) is 45.2 Å². The fourth-order valence-electron chi connectivity index (χ4n) is 4.79. The number of hydrogen-bond acceptors (Lipinski definition) is 5. The maximum Gasteiger partial charge on any atom is 0.237 e. The molecule has 1 N–H and O–H groups in total. The minimum atomic E-state index is -0.387. The van der Waals surface area contributed by atoms with Crippen molar-refractivity contribution in [2.24, 2.45) is 0 Å². The van der Waals surface area contributed by atoms with Crippen molar-refractivity contribution < 1.29 is 4.79 Å². The summed E-state index contributed by atoms with van der Waals surface area (Å²) in [6.45, 7) is 1.90. The highest BCUT2D eigenvalue weighted by Crippen LogP contribution is 2.46. The van der Waals surface area contributed by atoms with Crippen molar-refractivity contribution in [2.45, 2.75) is 18.9 Å². The number of hydrogen-bond donors (Lipinski definition) is 1. The average Bonchev–Trinajstić information content (AvgIpc) is 3.45. The van der Waals surface area contributed by atoms with Gasteiger partial charge in [0.05, 0.1) is 16.1 Å². The summed E-state index contributed by atoms with van der Waals surface area (Å²) in [4.78, 5) is 22.5. The lowest BCUT2D eigenvalue weighted by Crippen LogP contribution is -2.25. The Labute approximate surface area is 212 Å². The Bertz CT molecular complexity index is 1420. The van der Waals surface area contributed by atoms with Gasteiger partial charge in [0.1, 0.15) is 10.0 Å². The lowest BCUT2D eigenvalue weighted by atomic mass is 9.90. The predicted molar refractivity (Wildman–Crippen MR) is 146 cm³/mol. The van der Waals surface area contributed by atoms with Gasteiger partial charge in [-0.15, -0.1) is 22.7 Å². The predicted octanol–water partition coefficient (Wildman–Crippen LogP) is 6.78. The standard InChI is InChI=1S/C29H25N3OS2/c1-32-17-16-21-24(18-32)35-29(26(21)28-30-22-14-8-9-15-23(22)34-28)31-27(33)25(19-10-4-2-5-11-19)20-12-6-3-7-13-20/h2-15,25H,16-18H2,1H3,(H,31,33). The van der Waals surface area contributed by atoms with Crippen LogP contribution in [0.15, 0.2) is 84.9 Å². The van der Waals surface area contributed by atoms with Crippen LogP contribution in [-0.2, 0) is 17.8 Å². The number of thiophene rings is 1. The summed E-state index contributed by atoms with van der Waals surface area (Å²) >= 11 is 3.40. The smallest absolute Gasteiger partial charge is 0.237 e. The van der Waals surface area contributed by atoms with Crippen LogP contribution in [-0.4, -0.2) is 29.4 Å². The SMILES string of the molecule is CN1CCc2c(sc(NC(=O)C(c3ccccc3)c3ccccc3)c2-c2nc3ccccc3s2)C1. The van der Waals surface area contributed by atoms with Crippen LogP contribution in [0.5, 0.6) is 0 Å². The van der Waals surface area contributed by atoms with E-state index in [4.69, 9.17) is 4.98 Å². The second kappa shape index (κ2) is 9.38. The molecule has 35 heavy (non-hydrogen) atoms. The molecule has 5 aromatic rings. The highest BCUT2D eigenvalue weighted by Gasteiger charge is 2.29. The van der Waals surface area contributed by atoms with Gasteiger partial charge >= 0.3 is 0 Å². The molecule has 0 aliphatic carbocycles. The van der Waals surface area contributed by atoms with Gasteiger partial charge in [-0.2, -0.15) is 0 Å². The number of amides is 1. The van der Waals surface area contributed by atoms with Crippen molar-refractivity contribution in [1.29, 1.82) is 0 Å². The number of aromatic nitrogens is 1. The highest BCUT2D eigenvalue weighted by atomic mass is 32.1. The average molecular weight is 496 g/mol. The van der Waals surface area contributed by atoms with E-state index in [1.54, 1.807) is 22.7 Å². The van der Waals surface area contributed by atoms with Crippen LogP contribution >= 0.6 is 22.7 Å². The van der Waals surface area contributed by atoms with Crippen molar-refractivity contribution in [3.8, 4) is 10.6 Å². The third kappa shape index (κ3) is 4.29. The quantitative estimate of drug-likeness (QED) is 0.292. The number of fused-ring (bicyclic) bond motifs is 2. The molecule has 0 fully saturated rings. The maximum atomic E-state index is 13.9. The fourth-order valence-corrected chi connectivity index (χ4v) is 7.24. The van der Waals surface area contributed by atoms with Gasteiger partial charge in [-0.05, 0) is 42.3 Å². The molecule has 174 valence electrons. The summed E-state index contributed by atoms with van der Waals surface area (Å²) in [5.74, 6) is -0.404. The van der Waals surface area contributed by atoms with E-state index in [1.165, 1.54) is 15.1 Å². The number of nitrogens with zero attached hydrogens (tertiary/aromatic N) is 2. The van der Waals surface area contributed by atoms with Gasteiger partial charge in [-0.1, -0.05) is 72.8 Å². The van der Waals surface area contributed by atoms with E-state index in [0.29, 0.717) is 0 Å². The monoisotopic (exact) mass is 495 g/mol. The molecule has 1 amide bonds. The number of carbonyl (C=O) groups is 1. The number of likely N-dealkylation sites (N-methyl/N-ethyl adjacent to an activating group) is 1. The summed E-state index contributed by atoms with van der Waals surface area (Å²) in [5.41, 5.74) is 5.41. The Kier molecular flexibility index (Phi) is 5.94. The summed E-state index contributed by atoms with van der Waals surface area (Å²) in [5, 5.41) is 5.24. The van der Waals surface area contributed by atoms with Crippen molar-refractivity contribution in [3.63, 3.8) is 0 Å². The molecule has 0 unspecified atom stereocenters. The van der Waals surface area contributed by atoms with Crippen LogP contribution in [0.4, 0.5) is 5.00 Å². The van der Waals surface area contributed by atoms with Crippen LogP contribution in [0.1, 0.15) is 27.5 Å². The zero-order valence-corrected chi connectivity index (χ0v) is 21.0. The first-order valence-corrected chi connectivity index (χ1v) is 13.4. The lowest BCUT2D eigenvalue weighted by Gasteiger charge is -2.22. The second-order valence-electron chi connectivity index (χ2n) is 8.93. The van der Waals surface area contributed by atoms with Crippen LogP contribution in [0, 0.1) is 0 Å². The number of anilines is 1. The molecular formula is C29H25N3OS2. The van der Waals surface area contributed by atoms with Gasteiger partial charge in [-0.3, -0.25) is 4.79 Å². The molecule has 0 spiro atoms. The summed E-state index contributed by atoms with van der Waals surface area (Å²) in [6.07, 6.45) is 0.963. The summed E-state index contributed by atoms with van der Waals surface area (Å²) < 4.78 is 1.17. The molecule has 3 aromatic carbocycles. The summed E-state index contributed by atoms with van der Waals surface area (Å²) in [6, 6.07) is 28.3. The Morgan fingerprint density at radius 3 is 2.26 bits per heavy atom. The van der Waals surface area contributed by atoms with Crippen LogP contribution in [0.2, 0.25) is 0 Å². The Hall–Kier alpha value is -3.32. The Morgan fingerprint density at radius 1 is 0.914 bits per heavy atom. The van der Waals surface area contributed by atoms with Crippen LogP contribution in [0.3, 0.4) is 0 Å². The number of rotatable bonds is 5. The normalized spacial score (nSPS) is 13.8. The van der Waals surface area contributed by atoms with Crippen molar-refractivity contribution in [2.75, 3.05) is 18.9 Å². The van der Waals surface area contributed by atoms with E-state index in [9.17, 15) is 4.79 Å². The fraction of sp³-hybridized carbons (Fsp3) is 0.172. The largest absolute Gasteiger partial charge is 0.316 e. The lowest BCUT2D eigenvalue weighted by molar-refractivity contribution is -0.116. The van der Waals surface area contributed by atoms with Gasteiger partial charge in [-0.25, -0.2) is 4.98 Å². The first-order valence-electron chi connectivity index (χ1n) is 11.8. The molecule has 0 saturated heterocycles. The molecule has 6 heteroatoms. The molecule has 0 bridgehead atoms. The highest BCUT2D eigenvalue weighted by molar-refractivity contribution is 7.22. The number of nitrogens with one attached hydrogen (secondary N) is 1. The molecule has 1 aliphatic rings. The molecule has 2 aromatic heterocycles. The van der Waals surface area contributed by atoms with E-state index in [2.05, 4.69) is 35.5 Å². The first kappa shape index (κ1) is 22.2. The molecule has 4 nitrogen and oxygen atoms in total. The Balaban J connectivity index is 1.44. The van der Waals surface area contributed by atoms with E-state index in [0.717, 1.165) is 51.7 Å². The maximum absolute atomic E-state index is 13.9. The minimum Gasteiger partial charge on any atom is -0.316 e. The molecule has 3 heterocycles. The molecule has 6 rings (SSSR count). The van der Waals surface area contributed by atoms with Gasteiger partial charge in [0.2, 0.25) is 5.91 Å². The molecule has 0 atom stereocenters. The molecular weight excluding hydrogens is 470 g/mol. The van der Waals surface area contributed by atoms with Crippen LogP contribution in [0.25, 0.3) is 20.8 Å². The summed E-state index contributed by atoms with van der Waals surface area (Å²) in [7, 11) is 2.15. The van der Waals surface area contributed by atoms with E-state index in [1.807, 2.05) is 66.7 Å². The number of benzene rings is 3. The third-order valence-corrected chi connectivity index (χ3v) is 8.71. The van der Waals surface area contributed by atoms with E-state index < -0.39 is 0 Å². The number of thiazole rings is 1. The zero-order valence-electron chi connectivity index (χ0n) is 19.4. The Morgan fingerprint density at radius 2 is 1.57 bits per heavy atom. The van der Waals surface area contributed by atoms with Gasteiger partial charge in [0.25, 0.3) is 0 Å².